The predicted octanol–water partition coefficient (Wildman–Crippen LogP) is 1.17. The highest BCUT2D eigenvalue weighted by Crippen LogP contribution is 2.25. The summed E-state index contributed by atoms with van der Waals surface area (Å²) in [6, 6.07) is 4.98. The molecule has 0 aromatic heterocycles. The van der Waals surface area contributed by atoms with Crippen LogP contribution >= 0.6 is 0 Å². The van der Waals surface area contributed by atoms with Crippen LogP contribution in [0.2, 0.25) is 0 Å². The van der Waals surface area contributed by atoms with E-state index in [9.17, 15) is 5.11 Å². The van der Waals surface area contributed by atoms with Gasteiger partial charge in [0.1, 0.15) is 0 Å². The van der Waals surface area contributed by atoms with Gasteiger partial charge in [0, 0.05) is 6.42 Å². The van der Waals surface area contributed by atoms with Crippen molar-refractivity contribution in [2.45, 2.75) is 6.42 Å². The van der Waals surface area contributed by atoms with Crippen LogP contribution < -0.4 is 0 Å². The molecule has 0 spiro atoms. The molecule has 86 valence electrons. The van der Waals surface area contributed by atoms with Crippen LogP contribution in [0.3, 0.4) is 0 Å². The first-order chi connectivity index (χ1) is 6.38. The van der Waals surface area contributed by atoms with Crippen molar-refractivity contribution in [3.8, 4) is 11.5 Å². The predicted molar refractivity (Wildman–Crippen MR) is 58.3 cm³/mol. The van der Waals surface area contributed by atoms with Crippen molar-refractivity contribution in [3.05, 3.63) is 23.8 Å². The number of phenols is 2. The molecule has 0 fully saturated rings. The van der Waals surface area contributed by atoms with Gasteiger partial charge in [-0.2, -0.15) is 0 Å². The van der Waals surface area contributed by atoms with E-state index in [1.807, 2.05) is 6.07 Å². The van der Waals surface area contributed by atoms with E-state index in [1.165, 1.54) is 6.07 Å². The van der Waals surface area contributed by atoms with Gasteiger partial charge in [0.25, 0.3) is 0 Å². The number of hydrogen-bond donors (Lipinski definition) is 2. The number of nitrogens with zero attached hydrogens (tertiary/aromatic N) is 1. The fourth-order valence-electron chi connectivity index (χ4n) is 1.19. The van der Waals surface area contributed by atoms with Crippen molar-refractivity contribution in [2.75, 3.05) is 27.7 Å². The lowest BCUT2D eigenvalue weighted by Crippen LogP contribution is -2.36. The highest BCUT2D eigenvalue weighted by Gasteiger charge is 2.08. The molecule has 0 atom stereocenters. The van der Waals surface area contributed by atoms with Crippen LogP contribution in [0.1, 0.15) is 5.56 Å². The average molecular weight is 213 g/mol. The Morgan fingerprint density at radius 2 is 1.67 bits per heavy atom. The van der Waals surface area contributed by atoms with Crippen LogP contribution in [0, 0.1) is 0 Å². The van der Waals surface area contributed by atoms with Gasteiger partial charge in [0.2, 0.25) is 0 Å². The molecule has 0 saturated carbocycles. The van der Waals surface area contributed by atoms with Gasteiger partial charge < -0.3 is 20.2 Å². The maximum Gasteiger partial charge on any atom is 0.157 e. The SMILES string of the molecule is C[N+](C)(C)CCc1ccc(O)c(O)c1.[OH-]. The van der Waals surface area contributed by atoms with E-state index in [4.69, 9.17) is 5.11 Å². The zero-order valence-electron chi connectivity index (χ0n) is 9.44. The van der Waals surface area contributed by atoms with Crippen LogP contribution in [-0.2, 0) is 6.42 Å². The largest absolute Gasteiger partial charge is 0.870 e. The molecule has 1 aromatic rings. The smallest absolute Gasteiger partial charge is 0.157 e. The van der Waals surface area contributed by atoms with Gasteiger partial charge in [0.15, 0.2) is 11.5 Å². The number of hydrogen-bond acceptors (Lipinski definition) is 3. The lowest BCUT2D eigenvalue weighted by atomic mass is 10.1. The zero-order valence-corrected chi connectivity index (χ0v) is 9.44. The molecule has 0 unspecified atom stereocenters. The fraction of sp³-hybridized carbons (Fsp3) is 0.455. The summed E-state index contributed by atoms with van der Waals surface area (Å²) in [5.41, 5.74) is 1.05. The average Bonchev–Trinajstić information content (AvgIpc) is 2.06. The molecule has 1 rings (SSSR count). The summed E-state index contributed by atoms with van der Waals surface area (Å²) < 4.78 is 0.891. The van der Waals surface area contributed by atoms with Gasteiger partial charge in [-0.15, -0.1) is 0 Å². The summed E-state index contributed by atoms with van der Waals surface area (Å²) in [7, 11) is 6.38. The Morgan fingerprint density at radius 3 is 2.13 bits per heavy atom. The highest BCUT2D eigenvalue weighted by molar-refractivity contribution is 5.40. The molecule has 4 heteroatoms. The molecular formula is C11H19NO3. The van der Waals surface area contributed by atoms with Gasteiger partial charge in [-0.25, -0.2) is 0 Å². The quantitative estimate of drug-likeness (QED) is 0.585. The van der Waals surface area contributed by atoms with E-state index in [-0.39, 0.29) is 17.0 Å². The Labute approximate surface area is 90.3 Å². The molecule has 0 aliphatic rings. The lowest BCUT2D eigenvalue weighted by molar-refractivity contribution is -0.870. The molecule has 15 heavy (non-hydrogen) atoms. The summed E-state index contributed by atoms with van der Waals surface area (Å²) in [4.78, 5) is 0. The van der Waals surface area contributed by atoms with Crippen LogP contribution in [-0.4, -0.2) is 47.9 Å². The summed E-state index contributed by atoms with van der Waals surface area (Å²) in [6.45, 7) is 1.00. The third-order valence-electron chi connectivity index (χ3n) is 2.11. The number of likely N-dealkylation sites (N-methyl/N-ethyl adjacent to an activating group) is 1. The van der Waals surface area contributed by atoms with E-state index in [1.54, 1.807) is 6.07 Å². The van der Waals surface area contributed by atoms with Crippen molar-refractivity contribution < 1.29 is 20.2 Å². The second-order valence-electron chi connectivity index (χ2n) is 4.59. The van der Waals surface area contributed by atoms with E-state index in [2.05, 4.69) is 21.1 Å². The standard InChI is InChI=1S/C11H17NO2.H2O/c1-12(2,3)7-6-9-4-5-10(13)11(14)8-9;/h4-5,8H,6-7H2,1-3H3,(H-,13,14);1H2. The third-order valence-corrected chi connectivity index (χ3v) is 2.11. The topological polar surface area (TPSA) is 70.5 Å². The Morgan fingerprint density at radius 1 is 1.07 bits per heavy atom. The van der Waals surface area contributed by atoms with Crippen molar-refractivity contribution in [2.24, 2.45) is 0 Å². The number of benzene rings is 1. The van der Waals surface area contributed by atoms with E-state index in [0.717, 1.165) is 23.0 Å². The fourth-order valence-corrected chi connectivity index (χ4v) is 1.19. The second-order valence-corrected chi connectivity index (χ2v) is 4.59. The number of phenolic OH excluding ortho intramolecular Hbond substituents is 2. The van der Waals surface area contributed by atoms with Gasteiger partial charge in [-0.1, -0.05) is 6.07 Å². The van der Waals surface area contributed by atoms with Crippen LogP contribution in [0.4, 0.5) is 0 Å². The van der Waals surface area contributed by atoms with Crippen molar-refractivity contribution in [1.82, 2.24) is 0 Å². The Bertz CT molecular complexity index is 318. The van der Waals surface area contributed by atoms with Crippen LogP contribution in [0.5, 0.6) is 11.5 Å². The van der Waals surface area contributed by atoms with Crippen molar-refractivity contribution in [1.29, 1.82) is 0 Å². The van der Waals surface area contributed by atoms with Crippen LogP contribution in [0.25, 0.3) is 0 Å². The minimum absolute atomic E-state index is 0. The summed E-state index contributed by atoms with van der Waals surface area (Å²) >= 11 is 0. The molecule has 4 nitrogen and oxygen atoms in total. The van der Waals surface area contributed by atoms with E-state index >= 15 is 0 Å². The van der Waals surface area contributed by atoms with Gasteiger partial charge >= 0.3 is 0 Å². The Kier molecular flexibility index (Phi) is 4.58. The monoisotopic (exact) mass is 213 g/mol. The molecule has 0 heterocycles. The molecule has 0 amide bonds. The van der Waals surface area contributed by atoms with Crippen molar-refractivity contribution >= 4 is 0 Å². The Hall–Kier alpha value is -1.26. The molecule has 1 aromatic carbocycles. The number of rotatable bonds is 3. The first-order valence-electron chi connectivity index (χ1n) is 4.70. The first-order valence-corrected chi connectivity index (χ1v) is 4.70. The first kappa shape index (κ1) is 13.7. The molecule has 0 aliphatic heterocycles. The summed E-state index contributed by atoms with van der Waals surface area (Å²) in [5.74, 6) is -0.0945. The summed E-state index contributed by atoms with van der Waals surface area (Å²) in [6.07, 6.45) is 0.900. The second kappa shape index (κ2) is 5.00. The molecule has 3 N–H and O–H groups in total. The van der Waals surface area contributed by atoms with Gasteiger partial charge in [-0.05, 0) is 17.7 Å². The number of quaternary nitrogens is 1. The molecule has 0 saturated heterocycles. The molecule has 0 bridgehead atoms. The zero-order chi connectivity index (χ0) is 10.8. The molecule has 0 aliphatic carbocycles. The molecule has 0 radical (unpaired) electrons. The maximum absolute atomic E-state index is 9.27. The van der Waals surface area contributed by atoms with Gasteiger partial charge in [0.05, 0.1) is 27.7 Å². The molecular weight excluding hydrogens is 194 g/mol. The number of aromatic hydroxyl groups is 2. The highest BCUT2D eigenvalue weighted by atomic mass is 16.3. The van der Waals surface area contributed by atoms with Gasteiger partial charge in [-0.3, -0.25) is 0 Å². The van der Waals surface area contributed by atoms with Crippen LogP contribution in [0.15, 0.2) is 18.2 Å². The van der Waals surface area contributed by atoms with Crippen molar-refractivity contribution in [3.63, 3.8) is 0 Å². The lowest BCUT2D eigenvalue weighted by Gasteiger charge is -2.23. The van der Waals surface area contributed by atoms with E-state index in [0.29, 0.717) is 0 Å². The normalized spacial score (nSPS) is 10.9. The minimum atomic E-state index is -0.0565. The Balaban J connectivity index is 0.00000196. The van der Waals surface area contributed by atoms with E-state index < -0.39 is 0 Å². The third kappa shape index (κ3) is 4.67. The summed E-state index contributed by atoms with van der Waals surface area (Å²) in [5, 5.41) is 18.4. The minimum Gasteiger partial charge on any atom is -0.870 e. The maximum atomic E-state index is 9.27.